The van der Waals surface area contributed by atoms with Crippen LogP contribution < -0.4 is 16.0 Å². The Morgan fingerprint density at radius 2 is 1.65 bits per heavy atom. The van der Waals surface area contributed by atoms with E-state index in [1.807, 2.05) is 16.0 Å². The molecule has 9 heteroatoms. The van der Waals surface area contributed by atoms with Gasteiger partial charge < -0.3 is 21.1 Å². The van der Waals surface area contributed by atoms with Gasteiger partial charge in [0, 0.05) is 0 Å². The molecule has 0 aromatic heterocycles. The Kier molecular flexibility index (Phi) is 5.39. The van der Waals surface area contributed by atoms with Crippen molar-refractivity contribution in [2.45, 2.75) is 0 Å². The number of benzene rings is 1. The molecule has 1 aromatic rings. The van der Waals surface area contributed by atoms with E-state index in [0.29, 0.717) is 0 Å². The molecule has 0 aliphatic carbocycles. The number of halogens is 2. The zero-order chi connectivity index (χ0) is 15.1. The lowest BCUT2D eigenvalue weighted by Crippen LogP contribution is -2.40. The summed E-state index contributed by atoms with van der Waals surface area (Å²) in [6.45, 7) is -1.13. The van der Waals surface area contributed by atoms with E-state index in [9.17, 15) is 23.2 Å². The van der Waals surface area contributed by atoms with Gasteiger partial charge in [-0.1, -0.05) is 6.07 Å². The van der Waals surface area contributed by atoms with E-state index in [1.54, 1.807) is 0 Å². The quantitative estimate of drug-likeness (QED) is 0.624. The summed E-state index contributed by atoms with van der Waals surface area (Å²) in [5.74, 6) is -3.92. The average Bonchev–Trinajstić information content (AvgIpc) is 2.38. The second kappa shape index (κ2) is 7.02. The second-order valence-corrected chi connectivity index (χ2v) is 3.57. The van der Waals surface area contributed by atoms with Crippen molar-refractivity contribution in [2.24, 2.45) is 0 Å². The van der Waals surface area contributed by atoms with Gasteiger partial charge >= 0.3 is 12.0 Å². The number of amides is 3. The molecule has 0 saturated heterocycles. The van der Waals surface area contributed by atoms with Gasteiger partial charge in [0.1, 0.15) is 23.9 Å². The Hall–Kier alpha value is -2.71. The summed E-state index contributed by atoms with van der Waals surface area (Å²) in [6, 6.07) is 2.04. The molecule has 0 heterocycles. The number of carbonyl (C=O) groups excluding carboxylic acids is 2. The smallest absolute Gasteiger partial charge is 0.322 e. The van der Waals surface area contributed by atoms with E-state index in [2.05, 4.69) is 0 Å². The molecule has 0 aliphatic heterocycles. The number of nitrogens with one attached hydrogen (secondary N) is 3. The van der Waals surface area contributed by atoms with E-state index >= 15 is 0 Å². The zero-order valence-electron chi connectivity index (χ0n) is 10.1. The summed E-state index contributed by atoms with van der Waals surface area (Å²) in [7, 11) is 0. The molecule has 0 spiro atoms. The lowest BCUT2D eigenvalue weighted by atomic mass is 10.3. The molecule has 1 rings (SSSR count). The zero-order valence-corrected chi connectivity index (χ0v) is 10.1. The first kappa shape index (κ1) is 15.3. The fourth-order valence-corrected chi connectivity index (χ4v) is 1.17. The number of carboxylic acids is 1. The number of carbonyl (C=O) groups is 3. The third-order valence-electron chi connectivity index (χ3n) is 2.05. The van der Waals surface area contributed by atoms with Crippen LogP contribution in [0.2, 0.25) is 0 Å². The van der Waals surface area contributed by atoms with Crippen molar-refractivity contribution in [3.63, 3.8) is 0 Å². The van der Waals surface area contributed by atoms with Gasteiger partial charge in [-0.2, -0.15) is 0 Å². The van der Waals surface area contributed by atoms with Crippen LogP contribution in [-0.4, -0.2) is 36.1 Å². The Morgan fingerprint density at radius 3 is 2.20 bits per heavy atom. The van der Waals surface area contributed by atoms with Crippen molar-refractivity contribution in [3.05, 3.63) is 29.8 Å². The number of aliphatic carboxylic acids is 1. The molecular weight excluding hydrogens is 276 g/mol. The van der Waals surface area contributed by atoms with Gasteiger partial charge in [-0.15, -0.1) is 0 Å². The number of rotatable bonds is 5. The van der Waals surface area contributed by atoms with Crippen molar-refractivity contribution in [3.8, 4) is 0 Å². The van der Waals surface area contributed by atoms with Crippen LogP contribution in [-0.2, 0) is 9.59 Å². The fourth-order valence-electron chi connectivity index (χ4n) is 1.17. The number of urea groups is 1. The average molecular weight is 287 g/mol. The van der Waals surface area contributed by atoms with Gasteiger partial charge in [-0.25, -0.2) is 13.6 Å². The molecule has 0 unspecified atom stereocenters. The van der Waals surface area contributed by atoms with Gasteiger partial charge in [0.25, 0.3) is 0 Å². The van der Waals surface area contributed by atoms with Crippen molar-refractivity contribution < 1.29 is 28.3 Å². The predicted molar refractivity (Wildman–Crippen MR) is 64.0 cm³/mol. The maximum atomic E-state index is 13.2. The minimum Gasteiger partial charge on any atom is -0.480 e. The van der Waals surface area contributed by atoms with E-state index in [4.69, 9.17) is 5.11 Å². The molecule has 0 atom stereocenters. The molecule has 20 heavy (non-hydrogen) atoms. The molecule has 0 bridgehead atoms. The summed E-state index contributed by atoms with van der Waals surface area (Å²) in [6.07, 6.45) is 0. The normalized spacial score (nSPS) is 9.70. The first-order valence-electron chi connectivity index (χ1n) is 5.37. The molecule has 3 amide bonds. The highest BCUT2D eigenvalue weighted by Crippen LogP contribution is 2.17. The van der Waals surface area contributed by atoms with Crippen molar-refractivity contribution in [2.75, 3.05) is 18.4 Å². The maximum absolute atomic E-state index is 13.2. The second-order valence-electron chi connectivity index (χ2n) is 3.57. The van der Waals surface area contributed by atoms with Crippen molar-refractivity contribution in [1.82, 2.24) is 10.6 Å². The Morgan fingerprint density at radius 1 is 1.05 bits per heavy atom. The molecule has 108 valence electrons. The summed E-state index contributed by atoms with van der Waals surface area (Å²) < 4.78 is 26.4. The lowest BCUT2D eigenvalue weighted by Gasteiger charge is -2.09. The molecule has 1 aromatic carbocycles. The molecule has 7 nitrogen and oxygen atoms in total. The van der Waals surface area contributed by atoms with Crippen LogP contribution in [0.15, 0.2) is 18.2 Å². The van der Waals surface area contributed by atoms with Gasteiger partial charge in [-0.3, -0.25) is 9.59 Å². The largest absolute Gasteiger partial charge is 0.480 e. The van der Waals surface area contributed by atoms with E-state index < -0.39 is 48.3 Å². The summed E-state index contributed by atoms with van der Waals surface area (Å²) in [4.78, 5) is 32.5. The summed E-state index contributed by atoms with van der Waals surface area (Å²) in [5, 5.41) is 14.2. The van der Waals surface area contributed by atoms with Crippen LogP contribution in [0.5, 0.6) is 0 Å². The fraction of sp³-hybridized carbons (Fsp3) is 0.182. The maximum Gasteiger partial charge on any atom is 0.322 e. The number of anilines is 1. The van der Waals surface area contributed by atoms with E-state index in [0.717, 1.165) is 18.2 Å². The monoisotopic (exact) mass is 287 g/mol. The van der Waals surface area contributed by atoms with Gasteiger partial charge in [0.2, 0.25) is 5.91 Å². The number of carboxylic acid groups (broad SMARTS) is 1. The molecule has 4 N–H and O–H groups in total. The van der Waals surface area contributed by atoms with Crippen molar-refractivity contribution >= 4 is 23.6 Å². The number of hydrogen-bond donors (Lipinski definition) is 4. The summed E-state index contributed by atoms with van der Waals surface area (Å²) >= 11 is 0. The first-order valence-corrected chi connectivity index (χ1v) is 5.37. The minimum absolute atomic E-state index is 0.533. The highest BCUT2D eigenvalue weighted by Gasteiger charge is 2.12. The van der Waals surface area contributed by atoms with Crippen molar-refractivity contribution in [1.29, 1.82) is 0 Å². The molecule has 0 fully saturated rings. The van der Waals surface area contributed by atoms with Crippen LogP contribution in [0, 0.1) is 11.6 Å². The highest BCUT2D eigenvalue weighted by atomic mass is 19.1. The molecule has 0 aliphatic rings. The minimum atomic E-state index is -1.24. The van der Waals surface area contributed by atoms with Gasteiger partial charge in [-0.05, 0) is 12.1 Å². The first-order chi connectivity index (χ1) is 9.40. The number of para-hydroxylation sites is 1. The SMILES string of the molecule is O=C(O)CNC(=O)CNC(=O)Nc1c(F)cccc1F. The Balaban J connectivity index is 2.44. The molecule has 0 radical (unpaired) electrons. The van der Waals surface area contributed by atoms with Gasteiger partial charge in [0.05, 0.1) is 6.54 Å². The molecular formula is C11H11F2N3O4. The van der Waals surface area contributed by atoms with E-state index in [-0.39, 0.29) is 0 Å². The molecule has 0 saturated carbocycles. The number of hydrogen-bond acceptors (Lipinski definition) is 3. The predicted octanol–water partition coefficient (Wildman–Crippen LogP) is 0.287. The third-order valence-corrected chi connectivity index (χ3v) is 2.05. The standard InChI is InChI=1S/C11H11F2N3O4/c12-6-2-1-3-7(13)10(6)16-11(20)15-4-8(17)14-5-9(18)19/h1-3H,4-5H2,(H,14,17)(H,18,19)(H2,15,16,20). The topological polar surface area (TPSA) is 108 Å². The summed E-state index contributed by atoms with van der Waals surface area (Å²) in [5.41, 5.74) is -0.643. The third kappa shape index (κ3) is 4.88. The lowest BCUT2D eigenvalue weighted by molar-refractivity contribution is -0.137. The van der Waals surface area contributed by atoms with Crippen LogP contribution in [0.4, 0.5) is 19.3 Å². The highest BCUT2D eigenvalue weighted by molar-refractivity contribution is 5.92. The van der Waals surface area contributed by atoms with Gasteiger partial charge in [0.15, 0.2) is 0 Å². The van der Waals surface area contributed by atoms with Crippen LogP contribution >= 0.6 is 0 Å². The Labute approximate surface area is 112 Å². The van der Waals surface area contributed by atoms with E-state index in [1.165, 1.54) is 0 Å². The van der Waals surface area contributed by atoms with Crippen LogP contribution in [0.25, 0.3) is 0 Å². The van der Waals surface area contributed by atoms with Crippen LogP contribution in [0.1, 0.15) is 0 Å². The Bertz CT molecular complexity index is 516. The van der Waals surface area contributed by atoms with Crippen LogP contribution in [0.3, 0.4) is 0 Å².